The van der Waals surface area contributed by atoms with Gasteiger partial charge in [-0.15, -0.1) is 0 Å². The minimum absolute atomic E-state index is 0.0217. The molecule has 0 unspecified atom stereocenters. The average Bonchev–Trinajstić information content (AvgIpc) is 2.94. The third-order valence-corrected chi connectivity index (χ3v) is 12.0. The first kappa shape index (κ1) is 27.8. The zero-order valence-electron chi connectivity index (χ0n) is 23.4. The molecule has 3 aromatic rings. The number of halogens is 1. The van der Waals surface area contributed by atoms with Gasteiger partial charge in [0.05, 0.1) is 18.1 Å². The highest BCUT2D eigenvalue weighted by molar-refractivity contribution is 9.10. The van der Waals surface area contributed by atoms with E-state index in [1.54, 1.807) is 19.2 Å². The second-order valence-corrected chi connectivity index (χ2v) is 14.6. The number of hydrogen-bond acceptors (Lipinski definition) is 5. The minimum Gasteiger partial charge on any atom is -0.497 e. The van der Waals surface area contributed by atoms with Gasteiger partial charge in [-0.05, 0) is 132 Å². The Morgan fingerprint density at radius 3 is 2.52 bits per heavy atom. The Hall–Kier alpha value is -2.35. The van der Waals surface area contributed by atoms with E-state index < -0.39 is 10.1 Å². The second kappa shape index (κ2) is 10.8. The molecule has 0 heterocycles. The molecule has 212 valence electrons. The van der Waals surface area contributed by atoms with Crippen LogP contribution in [0.2, 0.25) is 0 Å². The van der Waals surface area contributed by atoms with Gasteiger partial charge in [-0.25, -0.2) is 0 Å². The SMILES string of the molecule is COc1ccc2c(c1)CC[C@@H]1[C@@H]2CC[C@]2(C)[C@@H](Nc3ccccc3Br)C[C@@H](OS(=O)(=O)c3ccc(C)cc3)C[C@@H]12. The lowest BCUT2D eigenvalue weighted by atomic mass is 9.49. The van der Waals surface area contributed by atoms with Gasteiger partial charge in [0.1, 0.15) is 5.75 Å². The summed E-state index contributed by atoms with van der Waals surface area (Å²) in [5.74, 6) is 2.22. The fourth-order valence-electron chi connectivity index (χ4n) is 7.83. The van der Waals surface area contributed by atoms with Crippen LogP contribution in [0.1, 0.15) is 61.6 Å². The first-order chi connectivity index (χ1) is 19.2. The molecule has 0 amide bonds. The molecule has 0 bridgehead atoms. The van der Waals surface area contributed by atoms with E-state index in [4.69, 9.17) is 8.92 Å². The molecule has 1 N–H and O–H groups in total. The number of aryl methyl sites for hydroxylation is 2. The number of para-hydroxylation sites is 1. The van der Waals surface area contributed by atoms with Crippen molar-refractivity contribution < 1.29 is 17.3 Å². The second-order valence-electron chi connectivity index (χ2n) is 12.2. The highest BCUT2D eigenvalue weighted by Gasteiger charge is 2.55. The van der Waals surface area contributed by atoms with Crippen LogP contribution in [0.5, 0.6) is 5.75 Å². The molecule has 2 fully saturated rings. The van der Waals surface area contributed by atoms with Gasteiger partial charge in [0.2, 0.25) is 0 Å². The van der Waals surface area contributed by atoms with Crippen LogP contribution in [-0.4, -0.2) is 27.7 Å². The highest BCUT2D eigenvalue weighted by Crippen LogP contribution is 2.60. The third kappa shape index (κ3) is 5.10. The van der Waals surface area contributed by atoms with Crippen molar-refractivity contribution >= 4 is 31.7 Å². The molecular formula is C33H38BrNO4S. The summed E-state index contributed by atoms with van der Waals surface area (Å²) in [4.78, 5) is 0.226. The van der Waals surface area contributed by atoms with Crippen molar-refractivity contribution in [2.24, 2.45) is 17.3 Å². The number of hydrogen-bond donors (Lipinski definition) is 1. The Kier molecular flexibility index (Phi) is 7.51. The fourth-order valence-corrected chi connectivity index (χ4v) is 9.32. The van der Waals surface area contributed by atoms with Crippen LogP contribution in [0.3, 0.4) is 0 Å². The smallest absolute Gasteiger partial charge is 0.297 e. The number of benzene rings is 3. The largest absolute Gasteiger partial charge is 0.497 e. The van der Waals surface area contributed by atoms with Gasteiger partial charge in [0, 0.05) is 16.2 Å². The van der Waals surface area contributed by atoms with Crippen molar-refractivity contribution in [3.8, 4) is 5.75 Å². The van der Waals surface area contributed by atoms with E-state index in [2.05, 4.69) is 52.4 Å². The van der Waals surface area contributed by atoms with Crippen LogP contribution in [0.4, 0.5) is 5.69 Å². The summed E-state index contributed by atoms with van der Waals surface area (Å²) in [5, 5.41) is 3.84. The minimum atomic E-state index is -3.88. The lowest BCUT2D eigenvalue weighted by molar-refractivity contribution is -0.0518. The summed E-state index contributed by atoms with van der Waals surface area (Å²) in [6, 6.07) is 21.8. The first-order valence-electron chi connectivity index (χ1n) is 14.4. The quantitative estimate of drug-likeness (QED) is 0.283. The van der Waals surface area contributed by atoms with Gasteiger partial charge >= 0.3 is 0 Å². The summed E-state index contributed by atoms with van der Waals surface area (Å²) in [5.41, 5.74) is 4.93. The van der Waals surface area contributed by atoms with E-state index in [1.807, 2.05) is 37.3 Å². The molecular weight excluding hydrogens is 586 g/mol. The van der Waals surface area contributed by atoms with E-state index in [1.165, 1.54) is 11.1 Å². The van der Waals surface area contributed by atoms with Crippen molar-refractivity contribution in [1.29, 1.82) is 0 Å². The Morgan fingerprint density at radius 1 is 1.00 bits per heavy atom. The monoisotopic (exact) mass is 623 g/mol. The Morgan fingerprint density at radius 2 is 1.77 bits per heavy atom. The van der Waals surface area contributed by atoms with Crippen LogP contribution in [0, 0.1) is 24.2 Å². The van der Waals surface area contributed by atoms with E-state index in [-0.39, 0.29) is 22.5 Å². The third-order valence-electron chi connectivity index (χ3n) is 9.96. The zero-order valence-corrected chi connectivity index (χ0v) is 25.8. The van der Waals surface area contributed by atoms with Crippen molar-refractivity contribution in [2.45, 2.75) is 75.3 Å². The molecule has 6 rings (SSSR count). The zero-order chi connectivity index (χ0) is 28.1. The summed E-state index contributed by atoms with van der Waals surface area (Å²) in [6.45, 7) is 4.38. The van der Waals surface area contributed by atoms with Crippen molar-refractivity contribution in [1.82, 2.24) is 0 Å². The Balaban J connectivity index is 1.34. The Labute approximate surface area is 246 Å². The predicted octanol–water partition coefficient (Wildman–Crippen LogP) is 7.88. The number of rotatable bonds is 6. The van der Waals surface area contributed by atoms with Gasteiger partial charge in [-0.1, -0.05) is 42.8 Å². The van der Waals surface area contributed by atoms with Crippen LogP contribution in [0.25, 0.3) is 0 Å². The van der Waals surface area contributed by atoms with E-state index in [9.17, 15) is 8.42 Å². The number of fused-ring (bicyclic) bond motifs is 5. The maximum atomic E-state index is 13.4. The lowest BCUT2D eigenvalue weighted by Gasteiger charge is -2.58. The summed E-state index contributed by atoms with van der Waals surface area (Å²) in [7, 11) is -2.15. The maximum absolute atomic E-state index is 13.4. The van der Waals surface area contributed by atoms with Crippen LogP contribution in [-0.2, 0) is 20.7 Å². The summed E-state index contributed by atoms with van der Waals surface area (Å²) >= 11 is 3.71. The molecule has 0 aliphatic heterocycles. The number of methoxy groups -OCH3 is 1. The molecule has 0 radical (unpaired) electrons. The first-order valence-corrected chi connectivity index (χ1v) is 16.6. The Bertz CT molecular complexity index is 1490. The highest BCUT2D eigenvalue weighted by atomic mass is 79.9. The van der Waals surface area contributed by atoms with Gasteiger partial charge < -0.3 is 10.1 Å². The van der Waals surface area contributed by atoms with Crippen LogP contribution in [0.15, 0.2) is 76.1 Å². The van der Waals surface area contributed by atoms with Gasteiger partial charge in [-0.2, -0.15) is 8.42 Å². The van der Waals surface area contributed by atoms with Crippen LogP contribution < -0.4 is 10.1 Å². The van der Waals surface area contributed by atoms with Gasteiger partial charge in [-0.3, -0.25) is 4.18 Å². The average molecular weight is 625 g/mol. The molecule has 2 saturated carbocycles. The maximum Gasteiger partial charge on any atom is 0.297 e. The van der Waals surface area contributed by atoms with Gasteiger partial charge in [0.15, 0.2) is 0 Å². The predicted molar refractivity (Wildman–Crippen MR) is 162 cm³/mol. The number of nitrogens with one attached hydrogen (secondary N) is 1. The molecule has 0 aromatic heterocycles. The van der Waals surface area contributed by atoms with E-state index in [0.29, 0.717) is 24.2 Å². The number of anilines is 1. The summed E-state index contributed by atoms with van der Waals surface area (Å²) in [6.07, 6.45) is 5.36. The van der Waals surface area contributed by atoms with Crippen molar-refractivity contribution in [2.75, 3.05) is 12.4 Å². The molecule has 3 aromatic carbocycles. The topological polar surface area (TPSA) is 64.6 Å². The van der Waals surface area contributed by atoms with E-state index in [0.717, 1.165) is 53.6 Å². The van der Waals surface area contributed by atoms with Gasteiger partial charge in [0.25, 0.3) is 10.1 Å². The van der Waals surface area contributed by atoms with E-state index >= 15 is 0 Å². The fraction of sp³-hybridized carbons (Fsp3) is 0.455. The molecule has 7 heteroatoms. The van der Waals surface area contributed by atoms with Crippen molar-refractivity contribution in [3.63, 3.8) is 0 Å². The van der Waals surface area contributed by atoms with Crippen molar-refractivity contribution in [3.05, 3.63) is 87.9 Å². The molecule has 40 heavy (non-hydrogen) atoms. The standard InChI is InChI=1S/C33H38BrNO4S/c1-21-8-12-25(13-9-21)40(36,37)39-24-19-29-28-14-10-22-18-23(38-3)11-15-26(22)27(28)16-17-33(29,2)32(20-24)35-31-7-5-4-6-30(31)34/h4-9,11-13,15,18,24,27-29,32,35H,10,14,16-17,19-20H2,1-3H3/t24-,27+,28+,29-,32-,33-/m0/s1. The molecule has 5 nitrogen and oxygen atoms in total. The molecule has 0 saturated heterocycles. The lowest BCUT2D eigenvalue weighted by Crippen LogP contribution is -2.57. The molecule has 3 aliphatic carbocycles. The number of ether oxygens (including phenoxy) is 1. The molecule has 3 aliphatic rings. The van der Waals surface area contributed by atoms with Crippen LogP contribution >= 0.6 is 15.9 Å². The summed E-state index contributed by atoms with van der Waals surface area (Å²) < 4.78 is 39.4. The molecule has 6 atom stereocenters. The molecule has 0 spiro atoms. The normalized spacial score (nSPS) is 29.6.